The highest BCUT2D eigenvalue weighted by molar-refractivity contribution is 6.30. The first kappa shape index (κ1) is 14.3. The second-order valence-corrected chi connectivity index (χ2v) is 6.30. The summed E-state index contributed by atoms with van der Waals surface area (Å²) in [6.45, 7) is 0.435. The van der Waals surface area contributed by atoms with Gasteiger partial charge < -0.3 is 9.72 Å². The zero-order chi connectivity index (χ0) is 15.8. The van der Waals surface area contributed by atoms with Gasteiger partial charge in [0.25, 0.3) is 5.91 Å². The van der Waals surface area contributed by atoms with Gasteiger partial charge in [-0.15, -0.1) is 0 Å². The standard InChI is InChI=1S/C18H16ClN3O/c19-14-5-3-4-12(10-14)11-20-18(23)16-15-6-1-2-9-22(15)17(21-16)13-7-8-13/h1-6,9-10,13H,7-8,11H2,(H,20,23). The number of benzene rings is 1. The number of nitrogens with one attached hydrogen (secondary N) is 1. The maximum atomic E-state index is 12.6. The van der Waals surface area contributed by atoms with Crippen LogP contribution in [0.15, 0.2) is 48.7 Å². The number of hydrogen-bond donors (Lipinski definition) is 1. The molecule has 0 saturated heterocycles. The molecule has 1 fully saturated rings. The molecule has 1 aliphatic rings. The highest BCUT2D eigenvalue weighted by Crippen LogP contribution is 2.39. The third-order valence-electron chi connectivity index (χ3n) is 4.08. The van der Waals surface area contributed by atoms with Gasteiger partial charge in [0.15, 0.2) is 5.69 Å². The lowest BCUT2D eigenvalue weighted by atomic mass is 10.2. The average molecular weight is 326 g/mol. The van der Waals surface area contributed by atoms with E-state index in [9.17, 15) is 4.79 Å². The fraction of sp³-hybridized carbons (Fsp3) is 0.222. The van der Waals surface area contributed by atoms with Gasteiger partial charge in [-0.3, -0.25) is 4.79 Å². The van der Waals surface area contributed by atoms with Crippen LogP contribution in [-0.4, -0.2) is 15.3 Å². The summed E-state index contributed by atoms with van der Waals surface area (Å²) in [6.07, 6.45) is 4.28. The Labute approximate surface area is 139 Å². The van der Waals surface area contributed by atoms with Crippen LogP contribution in [0.3, 0.4) is 0 Å². The Kier molecular flexibility index (Phi) is 3.54. The number of fused-ring (bicyclic) bond motifs is 1. The van der Waals surface area contributed by atoms with Crippen LogP contribution in [0.5, 0.6) is 0 Å². The Bertz CT molecular complexity index is 883. The van der Waals surface area contributed by atoms with Gasteiger partial charge >= 0.3 is 0 Å². The SMILES string of the molecule is O=C(NCc1cccc(Cl)c1)c1nc(C2CC2)n2ccccc12. The zero-order valence-corrected chi connectivity index (χ0v) is 13.3. The second kappa shape index (κ2) is 5.70. The number of nitrogens with zero attached hydrogens (tertiary/aromatic N) is 2. The molecular formula is C18H16ClN3O. The minimum absolute atomic E-state index is 0.152. The number of rotatable bonds is 4. The van der Waals surface area contributed by atoms with E-state index in [4.69, 9.17) is 11.6 Å². The van der Waals surface area contributed by atoms with Gasteiger partial charge in [0, 0.05) is 23.7 Å². The third-order valence-corrected chi connectivity index (χ3v) is 4.31. The topological polar surface area (TPSA) is 46.4 Å². The molecule has 0 radical (unpaired) electrons. The molecule has 2 heterocycles. The molecule has 116 valence electrons. The van der Waals surface area contributed by atoms with Gasteiger partial charge in [-0.25, -0.2) is 4.98 Å². The van der Waals surface area contributed by atoms with Gasteiger partial charge in [0.2, 0.25) is 0 Å². The monoisotopic (exact) mass is 325 g/mol. The number of imidazole rings is 1. The van der Waals surface area contributed by atoms with Crippen molar-refractivity contribution in [3.8, 4) is 0 Å². The number of carbonyl (C=O) groups excluding carboxylic acids is 1. The van der Waals surface area contributed by atoms with Crippen molar-refractivity contribution >= 4 is 23.0 Å². The number of amides is 1. The number of aromatic nitrogens is 2. The smallest absolute Gasteiger partial charge is 0.272 e. The predicted molar refractivity (Wildman–Crippen MR) is 89.8 cm³/mol. The highest BCUT2D eigenvalue weighted by atomic mass is 35.5. The van der Waals surface area contributed by atoms with Crippen LogP contribution in [-0.2, 0) is 6.54 Å². The first-order chi connectivity index (χ1) is 11.2. The van der Waals surface area contributed by atoms with Gasteiger partial charge in [-0.1, -0.05) is 29.8 Å². The van der Waals surface area contributed by atoms with Gasteiger partial charge in [-0.05, 0) is 42.7 Å². The summed E-state index contributed by atoms with van der Waals surface area (Å²) in [7, 11) is 0. The number of halogens is 1. The van der Waals surface area contributed by atoms with Crippen molar-refractivity contribution in [2.24, 2.45) is 0 Å². The molecule has 1 aliphatic carbocycles. The van der Waals surface area contributed by atoms with E-state index in [0.717, 1.165) is 29.7 Å². The fourth-order valence-corrected chi connectivity index (χ4v) is 2.98. The van der Waals surface area contributed by atoms with Crippen LogP contribution < -0.4 is 5.32 Å². The molecule has 1 amide bonds. The molecule has 4 rings (SSSR count). The Morgan fingerprint density at radius 3 is 2.91 bits per heavy atom. The van der Waals surface area contributed by atoms with Crippen LogP contribution >= 0.6 is 11.6 Å². The molecule has 0 aliphatic heterocycles. The molecule has 5 heteroatoms. The van der Waals surface area contributed by atoms with Gasteiger partial charge in [-0.2, -0.15) is 0 Å². The van der Waals surface area contributed by atoms with Crippen LogP contribution in [0.1, 0.15) is 40.6 Å². The van der Waals surface area contributed by atoms with Crippen LogP contribution in [0, 0.1) is 0 Å². The molecule has 3 aromatic rings. The van der Waals surface area contributed by atoms with Crippen LogP contribution in [0.2, 0.25) is 5.02 Å². The fourth-order valence-electron chi connectivity index (χ4n) is 2.77. The normalized spacial score (nSPS) is 14.1. The summed E-state index contributed by atoms with van der Waals surface area (Å²) in [5.41, 5.74) is 2.32. The average Bonchev–Trinajstić information content (AvgIpc) is 3.33. The number of carbonyl (C=O) groups is 1. The molecule has 0 unspecified atom stereocenters. The van der Waals surface area contributed by atoms with Crippen molar-refractivity contribution in [1.82, 2.24) is 14.7 Å². The minimum atomic E-state index is -0.152. The molecule has 4 nitrogen and oxygen atoms in total. The number of pyridine rings is 1. The Balaban J connectivity index is 1.60. The van der Waals surface area contributed by atoms with E-state index in [1.54, 1.807) is 0 Å². The minimum Gasteiger partial charge on any atom is -0.347 e. The lowest BCUT2D eigenvalue weighted by Gasteiger charge is -2.04. The van der Waals surface area contributed by atoms with Crippen molar-refractivity contribution in [2.45, 2.75) is 25.3 Å². The quantitative estimate of drug-likeness (QED) is 0.793. The van der Waals surface area contributed by atoms with Crippen molar-refractivity contribution in [3.63, 3.8) is 0 Å². The first-order valence-corrected chi connectivity index (χ1v) is 8.10. The lowest BCUT2D eigenvalue weighted by molar-refractivity contribution is 0.0948. The van der Waals surface area contributed by atoms with Crippen molar-refractivity contribution in [2.75, 3.05) is 0 Å². The van der Waals surface area contributed by atoms with E-state index in [1.165, 1.54) is 0 Å². The van der Waals surface area contributed by atoms with Crippen molar-refractivity contribution in [3.05, 3.63) is 70.8 Å². The lowest BCUT2D eigenvalue weighted by Crippen LogP contribution is -2.23. The Morgan fingerprint density at radius 1 is 1.26 bits per heavy atom. The van der Waals surface area contributed by atoms with E-state index in [0.29, 0.717) is 23.2 Å². The number of hydrogen-bond acceptors (Lipinski definition) is 2. The largest absolute Gasteiger partial charge is 0.347 e. The van der Waals surface area contributed by atoms with E-state index in [2.05, 4.69) is 10.3 Å². The van der Waals surface area contributed by atoms with Crippen molar-refractivity contribution in [1.29, 1.82) is 0 Å². The van der Waals surface area contributed by atoms with Crippen LogP contribution in [0.25, 0.3) is 5.52 Å². The van der Waals surface area contributed by atoms with Gasteiger partial charge in [0.05, 0.1) is 5.52 Å². The predicted octanol–water partition coefficient (Wildman–Crippen LogP) is 3.80. The summed E-state index contributed by atoms with van der Waals surface area (Å²) in [5, 5.41) is 3.60. The van der Waals surface area contributed by atoms with E-state index in [-0.39, 0.29) is 5.91 Å². The molecule has 1 aromatic carbocycles. The van der Waals surface area contributed by atoms with Gasteiger partial charge in [0.1, 0.15) is 5.82 Å². The molecule has 2 aromatic heterocycles. The maximum Gasteiger partial charge on any atom is 0.272 e. The Morgan fingerprint density at radius 2 is 2.13 bits per heavy atom. The molecule has 0 spiro atoms. The first-order valence-electron chi connectivity index (χ1n) is 7.72. The molecular weight excluding hydrogens is 310 g/mol. The molecule has 0 atom stereocenters. The summed E-state index contributed by atoms with van der Waals surface area (Å²) in [6, 6.07) is 13.3. The summed E-state index contributed by atoms with van der Waals surface area (Å²) < 4.78 is 2.03. The summed E-state index contributed by atoms with van der Waals surface area (Å²) in [4.78, 5) is 17.2. The summed E-state index contributed by atoms with van der Waals surface area (Å²) in [5.74, 6) is 1.33. The van der Waals surface area contributed by atoms with E-state index in [1.807, 2.05) is 53.1 Å². The molecule has 0 bridgehead atoms. The van der Waals surface area contributed by atoms with E-state index >= 15 is 0 Å². The van der Waals surface area contributed by atoms with Crippen molar-refractivity contribution < 1.29 is 4.79 Å². The highest BCUT2D eigenvalue weighted by Gasteiger charge is 2.30. The third kappa shape index (κ3) is 2.82. The molecule has 23 heavy (non-hydrogen) atoms. The molecule has 1 N–H and O–H groups in total. The van der Waals surface area contributed by atoms with E-state index < -0.39 is 0 Å². The zero-order valence-electron chi connectivity index (χ0n) is 12.5. The maximum absolute atomic E-state index is 12.6. The Hall–Kier alpha value is -2.33. The van der Waals surface area contributed by atoms with Crippen LogP contribution in [0.4, 0.5) is 0 Å². The molecule has 1 saturated carbocycles. The summed E-state index contributed by atoms with van der Waals surface area (Å²) >= 11 is 5.97. The second-order valence-electron chi connectivity index (χ2n) is 5.86.